The van der Waals surface area contributed by atoms with E-state index < -0.39 is 0 Å². The number of hydrogen-bond donors (Lipinski definition) is 1. The average Bonchev–Trinajstić information content (AvgIpc) is 2.81. The first-order chi connectivity index (χ1) is 10.3. The second kappa shape index (κ2) is 8.07. The summed E-state index contributed by atoms with van der Waals surface area (Å²) < 4.78 is 10.2. The van der Waals surface area contributed by atoms with Crippen LogP contribution in [0, 0.1) is 0 Å². The number of nitrogens with one attached hydrogen (secondary N) is 1. The maximum atomic E-state index is 11.3. The molecule has 2 aromatic rings. The number of rotatable bonds is 1. The number of methoxy groups -OCH3 is 1. The van der Waals surface area contributed by atoms with E-state index in [-0.39, 0.29) is 5.97 Å². The average molecular weight is 285 g/mol. The summed E-state index contributed by atoms with van der Waals surface area (Å²) in [6.07, 6.45) is 0. The predicted octanol–water partition coefficient (Wildman–Crippen LogP) is 2.64. The van der Waals surface area contributed by atoms with Gasteiger partial charge in [0.15, 0.2) is 0 Å². The van der Waals surface area contributed by atoms with Gasteiger partial charge >= 0.3 is 5.97 Å². The fraction of sp³-hybridized carbons (Fsp3) is 0.235. The quantitative estimate of drug-likeness (QED) is 0.818. The van der Waals surface area contributed by atoms with Crippen molar-refractivity contribution in [2.45, 2.75) is 6.54 Å². The van der Waals surface area contributed by atoms with Gasteiger partial charge in [-0.3, -0.25) is 0 Å². The van der Waals surface area contributed by atoms with Crippen molar-refractivity contribution in [3.05, 3.63) is 65.7 Å². The highest BCUT2D eigenvalue weighted by Gasteiger charge is 2.12. The Bertz CT molecular complexity index is 543. The molecule has 0 fully saturated rings. The van der Waals surface area contributed by atoms with Crippen LogP contribution in [0.3, 0.4) is 0 Å². The Morgan fingerprint density at radius 3 is 2.43 bits per heavy atom. The molecule has 0 aromatic heterocycles. The summed E-state index contributed by atoms with van der Waals surface area (Å²) in [7, 11) is 1.37. The molecule has 1 N–H and O–H groups in total. The Morgan fingerprint density at radius 2 is 1.81 bits per heavy atom. The van der Waals surface area contributed by atoms with Crippen LogP contribution in [0.1, 0.15) is 15.9 Å². The van der Waals surface area contributed by atoms with Crippen LogP contribution in [-0.4, -0.2) is 26.2 Å². The Hall–Kier alpha value is -2.33. The normalized spacial score (nSPS) is 12.8. The number of ether oxygens (including phenoxy) is 2. The first-order valence-electron chi connectivity index (χ1n) is 6.86. The smallest absolute Gasteiger partial charge is 0.337 e. The van der Waals surface area contributed by atoms with Gasteiger partial charge in [-0.15, -0.1) is 0 Å². The van der Waals surface area contributed by atoms with E-state index >= 15 is 0 Å². The topological polar surface area (TPSA) is 47.6 Å². The molecule has 1 heterocycles. The zero-order valence-electron chi connectivity index (χ0n) is 12.0. The van der Waals surface area contributed by atoms with Crippen molar-refractivity contribution in [2.75, 3.05) is 20.3 Å². The molecular formula is C17H19NO3. The number of carbonyl (C=O) groups is 1. The second-order valence-corrected chi connectivity index (χ2v) is 4.49. The van der Waals surface area contributed by atoms with E-state index in [9.17, 15) is 4.79 Å². The lowest BCUT2D eigenvalue weighted by molar-refractivity contribution is 0.0600. The van der Waals surface area contributed by atoms with Crippen LogP contribution in [0.4, 0.5) is 0 Å². The highest BCUT2D eigenvalue weighted by Crippen LogP contribution is 2.22. The molecule has 0 saturated carbocycles. The van der Waals surface area contributed by atoms with Crippen molar-refractivity contribution in [1.82, 2.24) is 5.32 Å². The van der Waals surface area contributed by atoms with Crippen LogP contribution in [0.25, 0.3) is 0 Å². The lowest BCUT2D eigenvalue weighted by Gasteiger charge is -2.07. The summed E-state index contributed by atoms with van der Waals surface area (Å²) in [6.45, 7) is 2.22. The third-order valence-electron chi connectivity index (χ3n) is 3.01. The molecule has 0 amide bonds. The van der Waals surface area contributed by atoms with Gasteiger partial charge in [-0.2, -0.15) is 0 Å². The molecule has 1 aliphatic rings. The van der Waals surface area contributed by atoms with Gasteiger partial charge in [-0.05, 0) is 12.1 Å². The van der Waals surface area contributed by atoms with E-state index in [1.165, 1.54) is 7.11 Å². The molecule has 0 spiro atoms. The van der Waals surface area contributed by atoms with Crippen LogP contribution in [-0.2, 0) is 11.3 Å². The van der Waals surface area contributed by atoms with Gasteiger partial charge in [0.05, 0.1) is 12.7 Å². The Kier molecular flexibility index (Phi) is 5.79. The van der Waals surface area contributed by atoms with Crippen molar-refractivity contribution < 1.29 is 14.3 Å². The maximum absolute atomic E-state index is 11.3. The molecule has 0 aliphatic carbocycles. The number of hydrogen-bond acceptors (Lipinski definition) is 4. The Labute approximate surface area is 124 Å². The van der Waals surface area contributed by atoms with E-state index in [4.69, 9.17) is 4.74 Å². The van der Waals surface area contributed by atoms with Gasteiger partial charge in [0.2, 0.25) is 0 Å². The molecule has 0 saturated heterocycles. The lowest BCUT2D eigenvalue weighted by Crippen LogP contribution is -2.16. The minimum atomic E-state index is -0.335. The zero-order chi connectivity index (χ0) is 14.9. The maximum Gasteiger partial charge on any atom is 0.337 e. The highest BCUT2D eigenvalue weighted by atomic mass is 16.5. The molecule has 0 bridgehead atoms. The molecule has 4 heteroatoms. The van der Waals surface area contributed by atoms with Gasteiger partial charge in [0.25, 0.3) is 0 Å². The number of carbonyl (C=O) groups excluding carboxylic acids is 1. The van der Waals surface area contributed by atoms with Crippen LogP contribution >= 0.6 is 0 Å². The molecule has 1 aliphatic heterocycles. The summed E-state index contributed by atoms with van der Waals surface area (Å²) in [4.78, 5) is 11.3. The molecule has 0 radical (unpaired) electrons. The molecule has 4 nitrogen and oxygen atoms in total. The SMILES string of the molecule is COC(=O)c1ccc2c(c1)OCCNC2.c1ccccc1. The largest absolute Gasteiger partial charge is 0.492 e. The second-order valence-electron chi connectivity index (χ2n) is 4.49. The third kappa shape index (κ3) is 4.61. The van der Waals surface area contributed by atoms with Gasteiger partial charge in [0.1, 0.15) is 12.4 Å². The van der Waals surface area contributed by atoms with Crippen molar-refractivity contribution in [3.63, 3.8) is 0 Å². The van der Waals surface area contributed by atoms with E-state index in [2.05, 4.69) is 10.1 Å². The summed E-state index contributed by atoms with van der Waals surface area (Å²) in [5.41, 5.74) is 1.60. The van der Waals surface area contributed by atoms with E-state index in [0.717, 1.165) is 24.4 Å². The predicted molar refractivity (Wildman–Crippen MR) is 81.4 cm³/mol. The van der Waals surface area contributed by atoms with Crippen molar-refractivity contribution >= 4 is 5.97 Å². The van der Waals surface area contributed by atoms with E-state index in [0.29, 0.717) is 12.2 Å². The fourth-order valence-electron chi connectivity index (χ4n) is 1.92. The van der Waals surface area contributed by atoms with Crippen LogP contribution in [0.15, 0.2) is 54.6 Å². The summed E-state index contributed by atoms with van der Waals surface area (Å²) in [5, 5.41) is 3.22. The molecule has 3 rings (SSSR count). The minimum Gasteiger partial charge on any atom is -0.492 e. The van der Waals surface area contributed by atoms with Gasteiger partial charge in [-0.1, -0.05) is 42.5 Å². The number of esters is 1. The molecule has 110 valence electrons. The number of benzene rings is 2. The van der Waals surface area contributed by atoms with Crippen molar-refractivity contribution in [2.24, 2.45) is 0 Å². The summed E-state index contributed by atoms with van der Waals surface area (Å²) >= 11 is 0. The fourth-order valence-corrected chi connectivity index (χ4v) is 1.92. The third-order valence-corrected chi connectivity index (χ3v) is 3.01. The lowest BCUT2D eigenvalue weighted by atomic mass is 10.1. The standard InChI is InChI=1S/C11H13NO3.C6H6/c1-14-11(13)8-2-3-9-7-12-4-5-15-10(9)6-8;1-2-4-6-5-3-1/h2-3,6,12H,4-5,7H2,1H3;1-6H. The monoisotopic (exact) mass is 285 g/mol. The Morgan fingerprint density at radius 1 is 1.14 bits per heavy atom. The first kappa shape index (κ1) is 15.1. The Balaban J connectivity index is 0.000000225. The molecule has 0 atom stereocenters. The molecular weight excluding hydrogens is 266 g/mol. The van der Waals surface area contributed by atoms with Gasteiger partial charge < -0.3 is 14.8 Å². The zero-order valence-corrected chi connectivity index (χ0v) is 12.0. The van der Waals surface area contributed by atoms with Crippen LogP contribution in [0.5, 0.6) is 5.75 Å². The molecule has 0 unspecified atom stereocenters. The van der Waals surface area contributed by atoms with Gasteiger partial charge in [-0.25, -0.2) is 4.79 Å². The van der Waals surface area contributed by atoms with Crippen molar-refractivity contribution in [3.8, 4) is 5.75 Å². The van der Waals surface area contributed by atoms with E-state index in [1.807, 2.05) is 42.5 Å². The van der Waals surface area contributed by atoms with Gasteiger partial charge in [0, 0.05) is 18.7 Å². The molecule has 2 aromatic carbocycles. The van der Waals surface area contributed by atoms with Crippen LogP contribution in [0.2, 0.25) is 0 Å². The van der Waals surface area contributed by atoms with E-state index in [1.54, 1.807) is 12.1 Å². The van der Waals surface area contributed by atoms with Crippen molar-refractivity contribution in [1.29, 1.82) is 0 Å². The first-order valence-corrected chi connectivity index (χ1v) is 6.86. The minimum absolute atomic E-state index is 0.335. The summed E-state index contributed by atoms with van der Waals surface area (Å²) in [5.74, 6) is 0.432. The van der Waals surface area contributed by atoms with Crippen LogP contribution < -0.4 is 10.1 Å². The summed E-state index contributed by atoms with van der Waals surface area (Å²) in [6, 6.07) is 17.4. The highest BCUT2D eigenvalue weighted by molar-refractivity contribution is 5.89. The number of fused-ring (bicyclic) bond motifs is 1. The molecule has 21 heavy (non-hydrogen) atoms.